The summed E-state index contributed by atoms with van der Waals surface area (Å²) in [4.78, 5) is 7.06. The monoisotopic (exact) mass is 298 g/mol. The lowest BCUT2D eigenvalue weighted by atomic mass is 10.0. The highest BCUT2D eigenvalue weighted by molar-refractivity contribution is 6.30. The first-order valence-electron chi connectivity index (χ1n) is 5.94. The minimum Gasteiger partial charge on any atom is -0.346 e. The summed E-state index contributed by atoms with van der Waals surface area (Å²) in [6.45, 7) is 3.56. The van der Waals surface area contributed by atoms with Crippen LogP contribution in [0.3, 0.4) is 0 Å². The van der Waals surface area contributed by atoms with Crippen LogP contribution < -0.4 is 0 Å². The van der Waals surface area contributed by atoms with Gasteiger partial charge in [-0.1, -0.05) is 11.6 Å². The minimum absolute atomic E-state index is 0.0435. The average molecular weight is 299 g/mol. The van der Waals surface area contributed by atoms with Crippen LogP contribution in [0.25, 0.3) is 21.8 Å². The number of halogens is 4. The molecule has 2 heterocycles. The summed E-state index contributed by atoms with van der Waals surface area (Å²) in [7, 11) is 0. The lowest BCUT2D eigenvalue weighted by Crippen LogP contribution is -2.07. The normalized spacial score (nSPS) is 12.5. The van der Waals surface area contributed by atoms with E-state index in [9.17, 15) is 13.2 Å². The van der Waals surface area contributed by atoms with E-state index >= 15 is 0 Å². The molecule has 0 saturated heterocycles. The van der Waals surface area contributed by atoms with Gasteiger partial charge in [0, 0.05) is 22.0 Å². The Morgan fingerprint density at radius 1 is 1.15 bits per heavy atom. The number of pyridine rings is 1. The summed E-state index contributed by atoms with van der Waals surface area (Å²) in [6.07, 6.45) is -4.47. The van der Waals surface area contributed by atoms with Crippen LogP contribution in [0.15, 0.2) is 18.2 Å². The SMILES string of the molecule is Cc1nc2ccc3[nH]c(Cl)cc(C(F)(F)F)c3c2c1C. The van der Waals surface area contributed by atoms with E-state index in [2.05, 4.69) is 9.97 Å². The number of fused-ring (bicyclic) bond motifs is 3. The lowest BCUT2D eigenvalue weighted by Gasteiger charge is -2.12. The third-order valence-corrected chi connectivity index (χ3v) is 3.69. The smallest absolute Gasteiger partial charge is 0.346 e. The molecule has 1 N–H and O–H groups in total. The van der Waals surface area contributed by atoms with Gasteiger partial charge in [-0.25, -0.2) is 0 Å². The fraction of sp³-hybridized carbons (Fsp3) is 0.214. The summed E-state index contributed by atoms with van der Waals surface area (Å²) in [5.41, 5.74) is 1.67. The minimum atomic E-state index is -4.47. The van der Waals surface area contributed by atoms with Gasteiger partial charge in [0.15, 0.2) is 0 Å². The summed E-state index contributed by atoms with van der Waals surface area (Å²) in [5.74, 6) is 0. The molecule has 0 saturated carbocycles. The Kier molecular flexibility index (Phi) is 2.73. The van der Waals surface area contributed by atoms with E-state index < -0.39 is 11.7 Å². The van der Waals surface area contributed by atoms with Crippen LogP contribution in [0, 0.1) is 13.8 Å². The van der Waals surface area contributed by atoms with Gasteiger partial charge >= 0.3 is 6.18 Å². The standard InChI is InChI=1S/C14H10ClF3N2/c1-6-7(2)19-9-3-4-10-13(12(6)9)8(14(16,17)18)5-11(15)20-10/h3-5,20H,1-2H3. The van der Waals surface area contributed by atoms with Gasteiger partial charge in [-0.15, -0.1) is 0 Å². The van der Waals surface area contributed by atoms with Crippen LogP contribution in [-0.2, 0) is 6.18 Å². The predicted molar refractivity (Wildman–Crippen MR) is 73.1 cm³/mol. The molecule has 20 heavy (non-hydrogen) atoms. The number of aryl methyl sites for hydroxylation is 2. The highest BCUT2D eigenvalue weighted by Crippen LogP contribution is 2.40. The first-order chi connectivity index (χ1) is 9.29. The molecule has 0 aliphatic heterocycles. The molecule has 0 unspecified atom stereocenters. The Labute approximate surface area is 117 Å². The van der Waals surface area contributed by atoms with E-state index in [0.29, 0.717) is 16.4 Å². The first-order valence-corrected chi connectivity index (χ1v) is 6.32. The number of rotatable bonds is 0. The fourth-order valence-corrected chi connectivity index (χ4v) is 2.69. The Bertz CT molecular complexity index is 834. The Morgan fingerprint density at radius 3 is 2.50 bits per heavy atom. The van der Waals surface area contributed by atoms with Gasteiger partial charge in [-0.3, -0.25) is 4.98 Å². The summed E-state index contributed by atoms with van der Waals surface area (Å²) in [5, 5.41) is 0.607. The maximum atomic E-state index is 13.3. The zero-order valence-electron chi connectivity index (χ0n) is 10.7. The number of H-pyrrole nitrogens is 1. The van der Waals surface area contributed by atoms with E-state index in [1.807, 2.05) is 0 Å². The number of aromatic nitrogens is 2. The molecular formula is C14H10ClF3N2. The maximum absolute atomic E-state index is 13.3. The Hall–Kier alpha value is -1.75. The molecular weight excluding hydrogens is 289 g/mol. The zero-order valence-corrected chi connectivity index (χ0v) is 11.4. The third-order valence-electron chi connectivity index (χ3n) is 3.49. The summed E-state index contributed by atoms with van der Waals surface area (Å²) < 4.78 is 39.8. The van der Waals surface area contributed by atoms with Crippen LogP contribution in [0.5, 0.6) is 0 Å². The number of benzene rings is 1. The average Bonchev–Trinajstić information content (AvgIpc) is 2.63. The molecule has 2 nitrogen and oxygen atoms in total. The van der Waals surface area contributed by atoms with Crippen LogP contribution in [0.4, 0.5) is 13.2 Å². The topological polar surface area (TPSA) is 28.7 Å². The number of nitrogens with zero attached hydrogens (tertiary/aromatic N) is 1. The number of hydrogen-bond acceptors (Lipinski definition) is 1. The highest BCUT2D eigenvalue weighted by atomic mass is 35.5. The van der Waals surface area contributed by atoms with Crippen molar-refractivity contribution in [1.29, 1.82) is 0 Å². The first kappa shape index (κ1) is 13.2. The fourth-order valence-electron chi connectivity index (χ4n) is 2.48. The van der Waals surface area contributed by atoms with Crippen molar-refractivity contribution in [2.24, 2.45) is 0 Å². The second-order valence-electron chi connectivity index (χ2n) is 4.73. The van der Waals surface area contributed by atoms with Gasteiger partial charge in [-0.2, -0.15) is 13.2 Å². The Morgan fingerprint density at radius 2 is 1.85 bits per heavy atom. The molecule has 0 atom stereocenters. The zero-order chi connectivity index (χ0) is 14.7. The van der Waals surface area contributed by atoms with Gasteiger partial charge in [-0.05, 0) is 37.6 Å². The van der Waals surface area contributed by atoms with Gasteiger partial charge in [0.05, 0.1) is 11.1 Å². The van der Waals surface area contributed by atoms with Gasteiger partial charge in [0.2, 0.25) is 0 Å². The van der Waals surface area contributed by atoms with Crippen molar-refractivity contribution in [2.45, 2.75) is 20.0 Å². The highest BCUT2D eigenvalue weighted by Gasteiger charge is 2.34. The van der Waals surface area contributed by atoms with Crippen LogP contribution in [0.1, 0.15) is 16.8 Å². The second kappa shape index (κ2) is 4.12. The molecule has 0 spiro atoms. The van der Waals surface area contributed by atoms with Crippen molar-refractivity contribution in [3.63, 3.8) is 0 Å². The van der Waals surface area contributed by atoms with Crippen molar-refractivity contribution in [1.82, 2.24) is 9.97 Å². The van der Waals surface area contributed by atoms with E-state index in [1.54, 1.807) is 26.0 Å². The molecule has 1 aromatic carbocycles. The summed E-state index contributed by atoms with van der Waals surface area (Å²) in [6, 6.07) is 4.19. The van der Waals surface area contributed by atoms with Crippen molar-refractivity contribution >= 4 is 33.4 Å². The molecule has 104 valence electrons. The number of hydrogen-bond donors (Lipinski definition) is 1. The number of nitrogens with one attached hydrogen (secondary N) is 1. The molecule has 3 aromatic rings. The van der Waals surface area contributed by atoms with Crippen LogP contribution >= 0.6 is 11.6 Å². The quantitative estimate of drug-likeness (QED) is 0.581. The van der Waals surface area contributed by atoms with E-state index in [-0.39, 0.29) is 10.5 Å². The van der Waals surface area contributed by atoms with Crippen LogP contribution in [-0.4, -0.2) is 9.97 Å². The molecule has 0 fully saturated rings. The third kappa shape index (κ3) is 1.85. The lowest BCUT2D eigenvalue weighted by molar-refractivity contribution is -0.136. The second-order valence-corrected chi connectivity index (χ2v) is 5.14. The van der Waals surface area contributed by atoms with Crippen molar-refractivity contribution in [3.05, 3.63) is 40.2 Å². The van der Waals surface area contributed by atoms with Crippen LogP contribution in [0.2, 0.25) is 5.15 Å². The van der Waals surface area contributed by atoms with Gasteiger partial charge in [0.1, 0.15) is 5.15 Å². The predicted octanol–water partition coefficient (Wildman–Crippen LogP) is 5.01. The number of aromatic amines is 1. The van der Waals surface area contributed by atoms with Crippen molar-refractivity contribution < 1.29 is 13.2 Å². The molecule has 0 bridgehead atoms. The van der Waals surface area contributed by atoms with Crippen molar-refractivity contribution in [3.8, 4) is 0 Å². The number of alkyl halides is 3. The van der Waals surface area contributed by atoms with Gasteiger partial charge < -0.3 is 4.98 Å². The molecule has 0 aliphatic rings. The van der Waals surface area contributed by atoms with E-state index in [0.717, 1.165) is 17.3 Å². The molecule has 0 aliphatic carbocycles. The molecule has 6 heteroatoms. The van der Waals surface area contributed by atoms with E-state index in [1.165, 1.54) is 0 Å². The molecule has 3 rings (SSSR count). The summed E-state index contributed by atoms with van der Waals surface area (Å²) >= 11 is 5.75. The Balaban J connectivity index is 2.61. The van der Waals surface area contributed by atoms with Crippen molar-refractivity contribution in [2.75, 3.05) is 0 Å². The maximum Gasteiger partial charge on any atom is 0.417 e. The van der Waals surface area contributed by atoms with Gasteiger partial charge in [0.25, 0.3) is 0 Å². The largest absolute Gasteiger partial charge is 0.417 e. The molecule has 0 radical (unpaired) electrons. The van der Waals surface area contributed by atoms with E-state index in [4.69, 9.17) is 11.6 Å². The molecule has 0 amide bonds. The molecule has 2 aromatic heterocycles.